The minimum absolute atomic E-state index is 0.158. The highest BCUT2D eigenvalue weighted by molar-refractivity contribution is 5.55. The van der Waals surface area contributed by atoms with Crippen LogP contribution in [0.4, 0.5) is 10.1 Å². The quantitative estimate of drug-likeness (QED) is 0.910. The molecule has 2 unspecified atom stereocenters. The lowest BCUT2D eigenvalue weighted by atomic mass is 10.0. The van der Waals surface area contributed by atoms with E-state index >= 15 is 0 Å². The Labute approximate surface area is 115 Å². The summed E-state index contributed by atoms with van der Waals surface area (Å²) in [5, 5.41) is 0. The lowest BCUT2D eigenvalue weighted by Gasteiger charge is -2.38. The third-order valence-electron chi connectivity index (χ3n) is 4.01. The van der Waals surface area contributed by atoms with E-state index in [1.54, 1.807) is 6.07 Å². The molecule has 0 saturated carbocycles. The van der Waals surface area contributed by atoms with Gasteiger partial charge in [0.25, 0.3) is 0 Å². The molecule has 2 atom stereocenters. The van der Waals surface area contributed by atoms with Crippen molar-refractivity contribution in [3.8, 4) is 0 Å². The van der Waals surface area contributed by atoms with E-state index in [4.69, 9.17) is 5.73 Å². The summed E-state index contributed by atoms with van der Waals surface area (Å²) in [6.07, 6.45) is 2.39. The van der Waals surface area contributed by atoms with E-state index in [-0.39, 0.29) is 11.9 Å². The van der Waals surface area contributed by atoms with Gasteiger partial charge in [0.2, 0.25) is 0 Å². The molecule has 1 aromatic carbocycles. The summed E-state index contributed by atoms with van der Waals surface area (Å²) >= 11 is 0. The molecule has 1 heterocycles. The molecule has 3 nitrogen and oxygen atoms in total. The Morgan fingerprint density at radius 1 is 1.47 bits per heavy atom. The molecule has 1 aliphatic heterocycles. The average molecular weight is 265 g/mol. The van der Waals surface area contributed by atoms with Crippen LogP contribution in [-0.4, -0.2) is 38.1 Å². The summed E-state index contributed by atoms with van der Waals surface area (Å²) in [5.41, 5.74) is 7.91. The number of hydrogen-bond donors (Lipinski definition) is 1. The number of likely N-dealkylation sites (tertiary alicyclic amines) is 1. The molecule has 19 heavy (non-hydrogen) atoms. The van der Waals surface area contributed by atoms with E-state index in [0.717, 1.165) is 24.3 Å². The maximum Gasteiger partial charge on any atom is 0.123 e. The van der Waals surface area contributed by atoms with Gasteiger partial charge in [-0.2, -0.15) is 0 Å². The molecule has 106 valence electrons. The molecular formula is C15H24FN3. The molecule has 4 heteroatoms. The van der Waals surface area contributed by atoms with Crippen LogP contribution in [0.15, 0.2) is 18.2 Å². The summed E-state index contributed by atoms with van der Waals surface area (Å²) in [7, 11) is 4.24. The summed E-state index contributed by atoms with van der Waals surface area (Å²) in [5.74, 6) is -0.217. The minimum Gasteiger partial charge on any atom is -0.370 e. The first-order valence-electron chi connectivity index (χ1n) is 6.95. The van der Waals surface area contributed by atoms with Gasteiger partial charge in [-0.05, 0) is 57.1 Å². The molecule has 1 aromatic rings. The fourth-order valence-electron chi connectivity index (χ4n) is 2.86. The third-order valence-corrected chi connectivity index (χ3v) is 4.01. The van der Waals surface area contributed by atoms with Crippen molar-refractivity contribution in [2.75, 3.05) is 32.1 Å². The van der Waals surface area contributed by atoms with Crippen LogP contribution in [0.5, 0.6) is 0 Å². The molecule has 0 spiro atoms. The molecule has 2 N–H and O–H groups in total. The van der Waals surface area contributed by atoms with E-state index in [2.05, 4.69) is 23.9 Å². The van der Waals surface area contributed by atoms with Gasteiger partial charge in [-0.1, -0.05) is 0 Å². The molecule has 1 aliphatic rings. The standard InChI is InChI=1S/C15H24FN3/c1-11(17)14-9-12(16)6-7-15(14)19(3)13-5-4-8-18(2)10-13/h6-7,9,11,13H,4-5,8,10,17H2,1-3H3. The monoisotopic (exact) mass is 265 g/mol. The third kappa shape index (κ3) is 3.25. The second-order valence-electron chi connectivity index (χ2n) is 5.66. The molecule has 2 rings (SSSR count). The maximum absolute atomic E-state index is 13.4. The highest BCUT2D eigenvalue weighted by Crippen LogP contribution is 2.28. The highest BCUT2D eigenvalue weighted by Gasteiger charge is 2.23. The van der Waals surface area contributed by atoms with Crippen LogP contribution in [0.3, 0.4) is 0 Å². The summed E-state index contributed by atoms with van der Waals surface area (Å²) < 4.78 is 13.4. The first-order valence-corrected chi connectivity index (χ1v) is 6.95. The predicted octanol–water partition coefficient (Wildman–Crippen LogP) is 2.38. The van der Waals surface area contributed by atoms with Crippen molar-refractivity contribution < 1.29 is 4.39 Å². The predicted molar refractivity (Wildman–Crippen MR) is 77.9 cm³/mol. The second-order valence-corrected chi connectivity index (χ2v) is 5.66. The van der Waals surface area contributed by atoms with Gasteiger partial charge in [-0.25, -0.2) is 4.39 Å². The van der Waals surface area contributed by atoms with Crippen molar-refractivity contribution >= 4 is 5.69 Å². The van der Waals surface area contributed by atoms with Crippen molar-refractivity contribution in [1.82, 2.24) is 4.90 Å². The van der Waals surface area contributed by atoms with Crippen LogP contribution in [0.2, 0.25) is 0 Å². The van der Waals surface area contributed by atoms with Crippen molar-refractivity contribution in [3.05, 3.63) is 29.6 Å². The summed E-state index contributed by atoms with van der Waals surface area (Å²) in [6, 6.07) is 5.24. The van der Waals surface area contributed by atoms with Crippen LogP contribution in [0, 0.1) is 5.82 Å². The maximum atomic E-state index is 13.4. The zero-order valence-corrected chi connectivity index (χ0v) is 12.1. The van der Waals surface area contributed by atoms with E-state index in [1.165, 1.54) is 18.9 Å². The average Bonchev–Trinajstić information content (AvgIpc) is 2.37. The van der Waals surface area contributed by atoms with Crippen LogP contribution in [0.25, 0.3) is 0 Å². The van der Waals surface area contributed by atoms with Gasteiger partial charge in [-0.15, -0.1) is 0 Å². The molecule has 0 radical (unpaired) electrons. The zero-order valence-electron chi connectivity index (χ0n) is 12.1. The van der Waals surface area contributed by atoms with Gasteiger partial charge in [-0.3, -0.25) is 0 Å². The lowest BCUT2D eigenvalue weighted by molar-refractivity contribution is 0.248. The molecule has 0 bridgehead atoms. The Hall–Kier alpha value is -1.13. The van der Waals surface area contributed by atoms with E-state index in [9.17, 15) is 4.39 Å². The highest BCUT2D eigenvalue weighted by atomic mass is 19.1. The van der Waals surface area contributed by atoms with Gasteiger partial charge in [0.1, 0.15) is 5.82 Å². The number of hydrogen-bond acceptors (Lipinski definition) is 3. The first kappa shape index (κ1) is 14.3. The normalized spacial score (nSPS) is 22.3. The van der Waals surface area contributed by atoms with Crippen molar-refractivity contribution in [2.45, 2.75) is 31.8 Å². The lowest BCUT2D eigenvalue weighted by Crippen LogP contribution is -2.45. The summed E-state index contributed by atoms with van der Waals surface area (Å²) in [6.45, 7) is 4.11. The van der Waals surface area contributed by atoms with Crippen molar-refractivity contribution in [1.29, 1.82) is 0 Å². The molecule has 1 saturated heterocycles. The minimum atomic E-state index is -0.217. The number of benzene rings is 1. The first-order chi connectivity index (χ1) is 8.99. The Morgan fingerprint density at radius 2 is 2.21 bits per heavy atom. The van der Waals surface area contributed by atoms with Crippen molar-refractivity contribution in [3.63, 3.8) is 0 Å². The van der Waals surface area contributed by atoms with Crippen LogP contribution >= 0.6 is 0 Å². The molecule has 0 amide bonds. The molecular weight excluding hydrogens is 241 g/mol. The second kappa shape index (κ2) is 5.88. The molecule has 0 aliphatic carbocycles. The molecule has 1 fully saturated rings. The van der Waals surface area contributed by atoms with Crippen LogP contribution in [0.1, 0.15) is 31.4 Å². The van der Waals surface area contributed by atoms with E-state index < -0.39 is 0 Å². The van der Waals surface area contributed by atoms with Gasteiger partial charge in [0.15, 0.2) is 0 Å². The Balaban J connectivity index is 2.25. The largest absolute Gasteiger partial charge is 0.370 e. The van der Waals surface area contributed by atoms with E-state index in [0.29, 0.717) is 6.04 Å². The van der Waals surface area contributed by atoms with Gasteiger partial charge < -0.3 is 15.5 Å². The van der Waals surface area contributed by atoms with Crippen LogP contribution in [-0.2, 0) is 0 Å². The van der Waals surface area contributed by atoms with Crippen molar-refractivity contribution in [2.24, 2.45) is 5.73 Å². The summed E-state index contributed by atoms with van der Waals surface area (Å²) in [4.78, 5) is 4.60. The topological polar surface area (TPSA) is 32.5 Å². The number of piperidine rings is 1. The SMILES string of the molecule is CC(N)c1cc(F)ccc1N(C)C1CCCN(C)C1. The fourth-order valence-corrected chi connectivity index (χ4v) is 2.86. The number of likely N-dealkylation sites (N-methyl/N-ethyl adjacent to an activating group) is 2. The number of rotatable bonds is 3. The Kier molecular flexibility index (Phi) is 4.42. The Morgan fingerprint density at radius 3 is 2.84 bits per heavy atom. The Bertz CT molecular complexity index is 433. The molecule has 0 aromatic heterocycles. The van der Waals surface area contributed by atoms with E-state index in [1.807, 2.05) is 13.0 Å². The smallest absolute Gasteiger partial charge is 0.123 e. The van der Waals surface area contributed by atoms with Gasteiger partial charge in [0.05, 0.1) is 0 Å². The number of nitrogens with zero attached hydrogens (tertiary/aromatic N) is 2. The van der Waals surface area contributed by atoms with Gasteiger partial charge >= 0.3 is 0 Å². The number of anilines is 1. The van der Waals surface area contributed by atoms with Gasteiger partial charge in [0, 0.05) is 31.4 Å². The number of nitrogens with two attached hydrogens (primary N) is 1. The number of halogens is 1. The fraction of sp³-hybridized carbons (Fsp3) is 0.600. The zero-order chi connectivity index (χ0) is 14.0. The van der Waals surface area contributed by atoms with Crippen LogP contribution < -0.4 is 10.6 Å².